The highest BCUT2D eigenvalue weighted by atomic mass is 32.2. The molecule has 1 N–H and O–H groups in total. The number of carbonyl (C=O) groups excluding carboxylic acids is 1. The van der Waals surface area contributed by atoms with Gasteiger partial charge in [-0.1, -0.05) is 18.7 Å². The number of hydrogen-bond acceptors (Lipinski definition) is 6. The van der Waals surface area contributed by atoms with Gasteiger partial charge in [0.2, 0.25) is 5.91 Å². The van der Waals surface area contributed by atoms with Crippen LogP contribution >= 0.6 is 0 Å². The first-order valence-electron chi connectivity index (χ1n) is 8.93. The van der Waals surface area contributed by atoms with Gasteiger partial charge in [0.05, 0.1) is 24.8 Å². The topological polar surface area (TPSA) is 90.9 Å². The number of sulfone groups is 1. The summed E-state index contributed by atoms with van der Waals surface area (Å²) < 4.78 is 77.4. The number of rotatable bonds is 9. The van der Waals surface area contributed by atoms with Gasteiger partial charge in [0.25, 0.3) is 9.84 Å². The number of ether oxygens (including phenoxy) is 3. The smallest absolute Gasteiger partial charge is 0.495 e. The average Bonchev–Trinajstić information content (AvgIpc) is 2.75. The molecule has 172 valence electrons. The molecule has 0 aromatic heterocycles. The molecule has 0 atom stereocenters. The molecule has 0 aliphatic rings. The summed E-state index contributed by atoms with van der Waals surface area (Å²) >= 11 is 0. The zero-order chi connectivity index (χ0) is 23.9. The second kappa shape index (κ2) is 10.2. The van der Waals surface area contributed by atoms with Crippen molar-refractivity contribution < 1.29 is 40.6 Å². The van der Waals surface area contributed by atoms with Gasteiger partial charge < -0.3 is 19.5 Å². The maximum atomic E-state index is 12.8. The van der Waals surface area contributed by atoms with E-state index < -0.39 is 26.1 Å². The Morgan fingerprint density at radius 3 is 2.31 bits per heavy atom. The van der Waals surface area contributed by atoms with E-state index in [0.717, 1.165) is 18.2 Å². The van der Waals surface area contributed by atoms with Gasteiger partial charge in [-0.05, 0) is 42.0 Å². The van der Waals surface area contributed by atoms with Crippen molar-refractivity contribution in [3.8, 4) is 17.2 Å². The van der Waals surface area contributed by atoms with Gasteiger partial charge in [0.1, 0.15) is 12.4 Å². The van der Waals surface area contributed by atoms with Crippen LogP contribution in [0.2, 0.25) is 0 Å². The molecule has 0 aliphatic heterocycles. The average molecular weight is 471 g/mol. The van der Waals surface area contributed by atoms with Crippen LogP contribution in [0.3, 0.4) is 0 Å². The van der Waals surface area contributed by atoms with Crippen molar-refractivity contribution in [2.75, 3.05) is 26.1 Å². The number of nitrogens with one attached hydrogen (secondary N) is 1. The Labute approximate surface area is 183 Å². The predicted molar refractivity (Wildman–Crippen MR) is 113 cm³/mol. The first-order chi connectivity index (χ1) is 15.0. The lowest BCUT2D eigenvalue weighted by molar-refractivity contribution is -0.111. The molecule has 2 aromatic rings. The van der Waals surface area contributed by atoms with Gasteiger partial charge in [-0.25, -0.2) is 8.42 Å². The summed E-state index contributed by atoms with van der Waals surface area (Å²) in [5, 5.41) is 2.31. The Hall–Kier alpha value is -3.47. The molecule has 32 heavy (non-hydrogen) atoms. The van der Waals surface area contributed by atoms with Crippen LogP contribution in [0.5, 0.6) is 17.2 Å². The fourth-order valence-corrected chi connectivity index (χ4v) is 3.28. The van der Waals surface area contributed by atoms with Crippen molar-refractivity contribution in [3.63, 3.8) is 0 Å². The number of methoxy groups -OCH3 is 2. The van der Waals surface area contributed by atoms with Gasteiger partial charge in [-0.2, -0.15) is 13.2 Å². The molecule has 0 fully saturated rings. The third-order valence-corrected chi connectivity index (χ3v) is 5.50. The van der Waals surface area contributed by atoms with Crippen molar-refractivity contribution >= 4 is 27.5 Å². The molecule has 0 bridgehead atoms. The minimum Gasteiger partial charge on any atom is -0.495 e. The number of benzene rings is 2. The third kappa shape index (κ3) is 5.82. The first kappa shape index (κ1) is 24.8. The van der Waals surface area contributed by atoms with E-state index in [1.165, 1.54) is 20.3 Å². The van der Waals surface area contributed by atoms with Crippen LogP contribution in [0.4, 0.5) is 18.9 Å². The number of carbonyl (C=O) groups is 1. The molecule has 0 heterocycles. The molecular formula is C21H20F3NO6S. The summed E-state index contributed by atoms with van der Waals surface area (Å²) in [5.41, 5.74) is -5.15. The van der Waals surface area contributed by atoms with Crippen LogP contribution in [-0.4, -0.2) is 40.7 Å². The Morgan fingerprint density at radius 2 is 1.72 bits per heavy atom. The van der Waals surface area contributed by atoms with Crippen molar-refractivity contribution in [1.82, 2.24) is 0 Å². The summed E-state index contributed by atoms with van der Waals surface area (Å²) in [5.74, 6) is 0.150. The van der Waals surface area contributed by atoms with E-state index in [9.17, 15) is 26.4 Å². The first-order valence-corrected chi connectivity index (χ1v) is 10.4. The number of amides is 1. The monoisotopic (exact) mass is 471 g/mol. The van der Waals surface area contributed by atoms with E-state index in [1.54, 1.807) is 24.3 Å². The molecule has 11 heteroatoms. The Kier molecular flexibility index (Phi) is 7.92. The second-order valence-corrected chi connectivity index (χ2v) is 8.09. The van der Waals surface area contributed by atoms with Gasteiger partial charge in [0.15, 0.2) is 11.5 Å². The molecular weight excluding hydrogens is 451 g/mol. The summed E-state index contributed by atoms with van der Waals surface area (Å²) in [6.45, 7) is 3.83. The Balaban J connectivity index is 2.25. The van der Waals surface area contributed by atoms with Gasteiger partial charge in [-0.3, -0.25) is 4.79 Å². The maximum Gasteiger partial charge on any atom is 0.501 e. The number of hydrogen-bond donors (Lipinski definition) is 1. The number of anilines is 1. The largest absolute Gasteiger partial charge is 0.501 e. The van der Waals surface area contributed by atoms with Gasteiger partial charge >= 0.3 is 5.51 Å². The van der Waals surface area contributed by atoms with Gasteiger partial charge in [0, 0.05) is 6.08 Å². The molecule has 0 saturated heterocycles. The predicted octanol–water partition coefficient (Wildman–Crippen LogP) is 4.21. The molecule has 0 radical (unpaired) electrons. The number of halogens is 3. The zero-order valence-electron chi connectivity index (χ0n) is 17.1. The van der Waals surface area contributed by atoms with E-state index in [-0.39, 0.29) is 18.0 Å². The summed E-state index contributed by atoms with van der Waals surface area (Å²) in [6.07, 6.45) is 4.11. The second-order valence-electron chi connectivity index (χ2n) is 6.14. The van der Waals surface area contributed by atoms with Crippen molar-refractivity contribution in [1.29, 1.82) is 0 Å². The SMILES string of the molecule is C=CCOc1ccc(/C=C/C(=O)Nc2cc(S(=O)(=O)C(F)(F)F)ccc2OC)cc1OC. The zero-order valence-corrected chi connectivity index (χ0v) is 17.9. The quantitative estimate of drug-likeness (QED) is 0.435. The lowest BCUT2D eigenvalue weighted by Crippen LogP contribution is -2.23. The molecule has 0 spiro atoms. The van der Waals surface area contributed by atoms with Crippen LogP contribution in [0.25, 0.3) is 6.08 Å². The minimum atomic E-state index is -5.59. The van der Waals surface area contributed by atoms with Crippen molar-refractivity contribution in [3.05, 3.63) is 60.7 Å². The molecule has 0 aliphatic carbocycles. The standard InChI is InChI=1S/C21H20F3NO6S/c1-4-11-31-18-8-5-14(12-19(18)30-3)6-10-20(26)25-16-13-15(7-9-17(16)29-2)32(27,28)21(22,23)24/h4-10,12-13H,1,11H2,2-3H3,(H,25,26)/b10-6+. The summed E-state index contributed by atoms with van der Waals surface area (Å²) in [7, 11) is -2.92. The molecule has 0 unspecified atom stereocenters. The lowest BCUT2D eigenvalue weighted by atomic mass is 10.2. The number of alkyl halides is 3. The highest BCUT2D eigenvalue weighted by molar-refractivity contribution is 7.92. The van der Waals surface area contributed by atoms with Crippen LogP contribution in [-0.2, 0) is 14.6 Å². The highest BCUT2D eigenvalue weighted by Crippen LogP contribution is 2.34. The summed E-state index contributed by atoms with van der Waals surface area (Å²) in [4.78, 5) is 11.3. The van der Waals surface area contributed by atoms with E-state index in [0.29, 0.717) is 23.1 Å². The normalized spacial score (nSPS) is 11.8. The Bertz CT molecular complexity index is 1130. The molecule has 2 rings (SSSR count). The van der Waals surface area contributed by atoms with E-state index in [4.69, 9.17) is 14.2 Å². The van der Waals surface area contributed by atoms with Crippen LogP contribution in [0.15, 0.2) is 60.0 Å². The van der Waals surface area contributed by atoms with Crippen molar-refractivity contribution in [2.24, 2.45) is 0 Å². The molecule has 7 nitrogen and oxygen atoms in total. The highest BCUT2D eigenvalue weighted by Gasteiger charge is 2.47. The van der Waals surface area contributed by atoms with E-state index >= 15 is 0 Å². The van der Waals surface area contributed by atoms with Crippen molar-refractivity contribution in [2.45, 2.75) is 10.4 Å². The fourth-order valence-electron chi connectivity index (χ4n) is 2.49. The fraction of sp³-hybridized carbons (Fsp3) is 0.190. The minimum absolute atomic E-state index is 0.0155. The Morgan fingerprint density at radius 1 is 1.06 bits per heavy atom. The third-order valence-electron chi connectivity index (χ3n) is 4.02. The summed E-state index contributed by atoms with van der Waals surface area (Å²) in [6, 6.07) is 7.35. The molecule has 2 aromatic carbocycles. The van der Waals surface area contributed by atoms with E-state index in [1.807, 2.05) is 0 Å². The van der Waals surface area contributed by atoms with E-state index in [2.05, 4.69) is 11.9 Å². The maximum absolute atomic E-state index is 12.8. The lowest BCUT2D eigenvalue weighted by Gasteiger charge is -2.13. The molecule has 0 saturated carbocycles. The van der Waals surface area contributed by atoms with Crippen LogP contribution < -0.4 is 19.5 Å². The van der Waals surface area contributed by atoms with Crippen LogP contribution in [0.1, 0.15) is 5.56 Å². The van der Waals surface area contributed by atoms with Crippen LogP contribution in [0, 0.1) is 0 Å². The van der Waals surface area contributed by atoms with Gasteiger partial charge in [-0.15, -0.1) is 0 Å². The molecule has 1 amide bonds.